The molecule has 0 aromatic carbocycles. The minimum absolute atomic E-state index is 0.421. The lowest BCUT2D eigenvalue weighted by atomic mass is 10.5. The standard InChI is InChI=1S/C6H5F3N2O/c1-4-2-3-10-5(11-4)12-6(7,8)9/h2-3H,1H3. The van der Waals surface area contributed by atoms with E-state index >= 15 is 0 Å². The van der Waals surface area contributed by atoms with Crippen LogP contribution < -0.4 is 4.74 Å². The van der Waals surface area contributed by atoms with E-state index in [0.717, 1.165) is 0 Å². The molecule has 12 heavy (non-hydrogen) atoms. The first-order chi connectivity index (χ1) is 5.47. The normalized spacial score (nSPS) is 11.3. The zero-order valence-corrected chi connectivity index (χ0v) is 6.09. The maximum atomic E-state index is 11.6. The molecule has 0 N–H and O–H groups in total. The number of halogens is 3. The molecule has 0 amide bonds. The fourth-order valence-electron chi connectivity index (χ4n) is 0.579. The van der Waals surface area contributed by atoms with Crippen molar-refractivity contribution in [3.05, 3.63) is 18.0 Å². The van der Waals surface area contributed by atoms with E-state index in [1.807, 2.05) is 0 Å². The summed E-state index contributed by atoms with van der Waals surface area (Å²) in [7, 11) is 0. The van der Waals surface area contributed by atoms with Crippen molar-refractivity contribution in [2.45, 2.75) is 13.3 Å². The topological polar surface area (TPSA) is 35.0 Å². The van der Waals surface area contributed by atoms with Gasteiger partial charge in [-0.2, -0.15) is 0 Å². The van der Waals surface area contributed by atoms with Crippen LogP contribution in [-0.2, 0) is 0 Å². The Hall–Kier alpha value is -1.33. The molecule has 0 aliphatic carbocycles. The highest BCUT2D eigenvalue weighted by Gasteiger charge is 2.32. The van der Waals surface area contributed by atoms with Crippen molar-refractivity contribution >= 4 is 0 Å². The van der Waals surface area contributed by atoms with Gasteiger partial charge in [0.05, 0.1) is 0 Å². The molecule has 0 fully saturated rings. The summed E-state index contributed by atoms with van der Waals surface area (Å²) in [6, 6.07) is 0.797. The third kappa shape index (κ3) is 2.73. The van der Waals surface area contributed by atoms with Gasteiger partial charge in [0.15, 0.2) is 0 Å². The van der Waals surface area contributed by atoms with Gasteiger partial charge in [-0.3, -0.25) is 0 Å². The number of hydrogen-bond donors (Lipinski definition) is 0. The summed E-state index contributed by atoms with van der Waals surface area (Å²) in [5, 5.41) is 0. The van der Waals surface area contributed by atoms with Gasteiger partial charge >= 0.3 is 12.4 Å². The van der Waals surface area contributed by atoms with E-state index in [1.54, 1.807) is 6.92 Å². The van der Waals surface area contributed by atoms with Gasteiger partial charge in [-0.05, 0) is 13.0 Å². The Balaban J connectivity index is 2.77. The van der Waals surface area contributed by atoms with E-state index < -0.39 is 12.4 Å². The second kappa shape index (κ2) is 2.96. The maximum Gasteiger partial charge on any atom is 0.575 e. The number of ether oxygens (including phenoxy) is 1. The molecule has 0 aliphatic heterocycles. The average Bonchev–Trinajstić information content (AvgIpc) is 1.82. The first-order valence-electron chi connectivity index (χ1n) is 3.03. The molecule has 0 radical (unpaired) electrons. The molecule has 0 saturated heterocycles. The van der Waals surface area contributed by atoms with Crippen molar-refractivity contribution in [3.8, 4) is 6.01 Å². The Bertz CT molecular complexity index is 274. The number of aryl methyl sites for hydroxylation is 1. The number of rotatable bonds is 1. The fourth-order valence-corrected chi connectivity index (χ4v) is 0.579. The van der Waals surface area contributed by atoms with Crippen LogP contribution in [0.15, 0.2) is 12.3 Å². The van der Waals surface area contributed by atoms with Crippen LogP contribution in [0.4, 0.5) is 13.2 Å². The number of aromatic nitrogens is 2. The van der Waals surface area contributed by atoms with Crippen LogP contribution in [0.2, 0.25) is 0 Å². The highest BCUT2D eigenvalue weighted by molar-refractivity contribution is 5.02. The molecule has 0 spiro atoms. The molecule has 0 aliphatic rings. The van der Waals surface area contributed by atoms with Crippen LogP contribution >= 0.6 is 0 Å². The van der Waals surface area contributed by atoms with Gasteiger partial charge in [-0.15, -0.1) is 13.2 Å². The molecule has 3 nitrogen and oxygen atoms in total. The summed E-state index contributed by atoms with van der Waals surface area (Å²) < 4.78 is 38.2. The molecule has 0 saturated carbocycles. The van der Waals surface area contributed by atoms with Crippen molar-refractivity contribution in [1.82, 2.24) is 9.97 Å². The first-order valence-corrected chi connectivity index (χ1v) is 3.03. The zero-order chi connectivity index (χ0) is 9.19. The van der Waals surface area contributed by atoms with Gasteiger partial charge in [0.1, 0.15) is 0 Å². The Morgan fingerprint density at radius 1 is 1.42 bits per heavy atom. The Morgan fingerprint density at radius 2 is 2.08 bits per heavy atom. The third-order valence-corrected chi connectivity index (χ3v) is 0.980. The van der Waals surface area contributed by atoms with Gasteiger partial charge in [-0.1, -0.05) is 0 Å². The Kier molecular flexibility index (Phi) is 2.16. The quantitative estimate of drug-likeness (QED) is 0.656. The number of hydrogen-bond acceptors (Lipinski definition) is 3. The van der Waals surface area contributed by atoms with E-state index in [-0.39, 0.29) is 0 Å². The van der Waals surface area contributed by atoms with Crippen molar-refractivity contribution < 1.29 is 17.9 Å². The highest BCUT2D eigenvalue weighted by atomic mass is 19.4. The first kappa shape index (κ1) is 8.76. The summed E-state index contributed by atoms with van der Waals surface area (Å²) in [5.41, 5.74) is 0.421. The lowest BCUT2D eigenvalue weighted by Gasteiger charge is -2.05. The van der Waals surface area contributed by atoms with Crippen molar-refractivity contribution in [1.29, 1.82) is 0 Å². The maximum absolute atomic E-state index is 11.6. The minimum Gasteiger partial charge on any atom is -0.371 e. The predicted octanol–water partition coefficient (Wildman–Crippen LogP) is 1.68. The molecule has 0 bridgehead atoms. The van der Waals surface area contributed by atoms with E-state index in [1.165, 1.54) is 12.3 Å². The van der Waals surface area contributed by atoms with Crippen LogP contribution in [0.25, 0.3) is 0 Å². The zero-order valence-electron chi connectivity index (χ0n) is 6.09. The SMILES string of the molecule is Cc1ccnc(OC(F)(F)F)n1. The second-order valence-electron chi connectivity index (χ2n) is 2.03. The van der Waals surface area contributed by atoms with Crippen LogP contribution in [0, 0.1) is 6.92 Å². The van der Waals surface area contributed by atoms with Gasteiger partial charge in [0, 0.05) is 11.9 Å². The van der Waals surface area contributed by atoms with E-state index in [0.29, 0.717) is 5.69 Å². The molecule has 1 heterocycles. The predicted molar refractivity (Wildman–Crippen MR) is 33.5 cm³/mol. The molecule has 0 atom stereocenters. The van der Waals surface area contributed by atoms with Gasteiger partial charge in [0.25, 0.3) is 0 Å². The van der Waals surface area contributed by atoms with E-state index in [4.69, 9.17) is 0 Å². The minimum atomic E-state index is -4.73. The average molecular weight is 178 g/mol. The number of nitrogens with zero attached hydrogens (tertiary/aromatic N) is 2. The number of alkyl halides is 3. The highest BCUT2D eigenvalue weighted by Crippen LogP contribution is 2.18. The summed E-state index contributed by atoms with van der Waals surface area (Å²) in [5.74, 6) is 0. The smallest absolute Gasteiger partial charge is 0.371 e. The van der Waals surface area contributed by atoms with Gasteiger partial charge in [-0.25, -0.2) is 9.97 Å². The van der Waals surface area contributed by atoms with Gasteiger partial charge in [0.2, 0.25) is 0 Å². The lowest BCUT2D eigenvalue weighted by Crippen LogP contribution is -2.18. The summed E-state index contributed by atoms with van der Waals surface area (Å²) in [6.45, 7) is 1.55. The molecule has 6 heteroatoms. The third-order valence-electron chi connectivity index (χ3n) is 0.980. The van der Waals surface area contributed by atoms with Crippen LogP contribution in [0.3, 0.4) is 0 Å². The summed E-state index contributed by atoms with van der Waals surface area (Å²) >= 11 is 0. The Labute approximate surface area is 66.2 Å². The molecule has 1 aromatic heterocycles. The summed E-state index contributed by atoms with van der Waals surface area (Å²) in [4.78, 5) is 6.68. The largest absolute Gasteiger partial charge is 0.575 e. The molecule has 0 unspecified atom stereocenters. The van der Waals surface area contributed by atoms with Crippen LogP contribution in [-0.4, -0.2) is 16.3 Å². The monoisotopic (exact) mass is 178 g/mol. The van der Waals surface area contributed by atoms with Gasteiger partial charge < -0.3 is 4.74 Å². The fraction of sp³-hybridized carbons (Fsp3) is 0.333. The molecule has 66 valence electrons. The Morgan fingerprint density at radius 3 is 2.58 bits per heavy atom. The molecular formula is C6H5F3N2O. The summed E-state index contributed by atoms with van der Waals surface area (Å²) in [6.07, 6.45) is -3.53. The molecule has 1 rings (SSSR count). The molecular weight excluding hydrogens is 173 g/mol. The van der Waals surface area contributed by atoms with Crippen molar-refractivity contribution in [2.24, 2.45) is 0 Å². The van der Waals surface area contributed by atoms with Crippen LogP contribution in [0.1, 0.15) is 5.69 Å². The second-order valence-corrected chi connectivity index (χ2v) is 2.03. The van der Waals surface area contributed by atoms with E-state index in [2.05, 4.69) is 14.7 Å². The molecule has 1 aromatic rings. The van der Waals surface area contributed by atoms with Crippen LogP contribution in [0.5, 0.6) is 6.01 Å². The lowest BCUT2D eigenvalue weighted by molar-refractivity contribution is -0.277. The van der Waals surface area contributed by atoms with Crippen molar-refractivity contribution in [3.63, 3.8) is 0 Å². The van der Waals surface area contributed by atoms with E-state index in [9.17, 15) is 13.2 Å². The van der Waals surface area contributed by atoms with Crippen molar-refractivity contribution in [2.75, 3.05) is 0 Å².